The Morgan fingerprint density at radius 2 is 1.50 bits per heavy atom. The van der Waals surface area contributed by atoms with Gasteiger partial charge in [-0.15, -0.1) is 0 Å². The Morgan fingerprint density at radius 3 is 2.21 bits per heavy atom. The first kappa shape index (κ1) is 18.5. The molecular weight excluding hydrogens is 346 g/mol. The second-order valence-electron chi connectivity index (χ2n) is 7.44. The third-order valence-electron chi connectivity index (χ3n) is 5.25. The van der Waals surface area contributed by atoms with Gasteiger partial charge in [0.1, 0.15) is 11.5 Å². The number of likely N-dealkylation sites (tertiary alicyclic amines) is 1. The predicted molar refractivity (Wildman–Crippen MR) is 112 cm³/mol. The number of carbonyl (C=O) groups excluding carboxylic acids is 1. The molecule has 4 rings (SSSR count). The summed E-state index contributed by atoms with van der Waals surface area (Å²) in [6.07, 6.45) is 1.71. The molecule has 0 radical (unpaired) electrons. The number of ketones is 1. The fraction of sp³-hybridized carbons (Fsp3) is 0.240. The molecule has 0 aromatic heterocycles. The first-order chi connectivity index (χ1) is 13.8. The number of hydrogen-bond acceptors (Lipinski definition) is 3. The summed E-state index contributed by atoms with van der Waals surface area (Å²) in [5.74, 6) is 2.21. The van der Waals surface area contributed by atoms with Gasteiger partial charge in [-0.1, -0.05) is 48.5 Å². The number of ether oxygens (including phenoxy) is 1. The van der Waals surface area contributed by atoms with Crippen molar-refractivity contribution in [2.75, 3.05) is 13.1 Å². The molecule has 3 aromatic rings. The molecule has 1 fully saturated rings. The van der Waals surface area contributed by atoms with Crippen molar-refractivity contribution in [3.63, 3.8) is 0 Å². The van der Waals surface area contributed by atoms with Crippen molar-refractivity contribution in [3.8, 4) is 11.5 Å². The molecule has 3 nitrogen and oxygen atoms in total. The molecule has 0 spiro atoms. The van der Waals surface area contributed by atoms with Gasteiger partial charge in [0.2, 0.25) is 0 Å². The van der Waals surface area contributed by atoms with Crippen LogP contribution >= 0.6 is 0 Å². The number of hydrogen-bond donors (Lipinski definition) is 0. The van der Waals surface area contributed by atoms with Gasteiger partial charge in [0.15, 0.2) is 5.78 Å². The SMILES string of the molecule is O=C(C[C@@H]1CCN(Cc2ccccc2)C1)c1ccc(Oc2ccccc2)cc1. The maximum absolute atomic E-state index is 12.7. The van der Waals surface area contributed by atoms with Crippen LogP contribution in [0.15, 0.2) is 84.9 Å². The van der Waals surface area contributed by atoms with Crippen LogP contribution in [0.1, 0.15) is 28.8 Å². The van der Waals surface area contributed by atoms with Gasteiger partial charge in [-0.2, -0.15) is 0 Å². The summed E-state index contributed by atoms with van der Waals surface area (Å²) in [5, 5.41) is 0. The monoisotopic (exact) mass is 371 g/mol. The number of carbonyl (C=O) groups is 1. The highest BCUT2D eigenvalue weighted by Crippen LogP contribution is 2.25. The molecule has 1 atom stereocenters. The van der Waals surface area contributed by atoms with Crippen LogP contribution in [0, 0.1) is 5.92 Å². The quantitative estimate of drug-likeness (QED) is 0.508. The number of Topliss-reactive ketones (excluding diaryl/α,β-unsaturated/α-hetero) is 1. The molecular formula is C25H25NO2. The zero-order valence-electron chi connectivity index (χ0n) is 16.0. The first-order valence-electron chi connectivity index (χ1n) is 9.89. The molecule has 1 heterocycles. The van der Waals surface area contributed by atoms with Gasteiger partial charge in [0.25, 0.3) is 0 Å². The van der Waals surface area contributed by atoms with E-state index in [1.54, 1.807) is 0 Å². The highest BCUT2D eigenvalue weighted by atomic mass is 16.5. The van der Waals surface area contributed by atoms with Crippen molar-refractivity contribution in [2.45, 2.75) is 19.4 Å². The van der Waals surface area contributed by atoms with Crippen LogP contribution in [0.4, 0.5) is 0 Å². The van der Waals surface area contributed by atoms with E-state index in [9.17, 15) is 4.79 Å². The Balaban J connectivity index is 1.29. The number of rotatable bonds is 7. The second kappa shape index (κ2) is 8.85. The Labute approximate surface area is 166 Å². The molecule has 1 aliphatic heterocycles. The minimum Gasteiger partial charge on any atom is -0.457 e. The molecule has 0 saturated carbocycles. The summed E-state index contributed by atoms with van der Waals surface area (Å²) >= 11 is 0. The largest absolute Gasteiger partial charge is 0.457 e. The molecule has 0 amide bonds. The van der Waals surface area contributed by atoms with E-state index in [2.05, 4.69) is 29.2 Å². The van der Waals surface area contributed by atoms with Crippen LogP contribution in [0.3, 0.4) is 0 Å². The first-order valence-corrected chi connectivity index (χ1v) is 9.89. The summed E-state index contributed by atoms with van der Waals surface area (Å²) < 4.78 is 5.80. The van der Waals surface area contributed by atoms with E-state index in [1.807, 2.05) is 60.7 Å². The minimum atomic E-state index is 0.220. The molecule has 0 bridgehead atoms. The van der Waals surface area contributed by atoms with Crippen LogP contribution in [-0.4, -0.2) is 23.8 Å². The molecule has 28 heavy (non-hydrogen) atoms. The van der Waals surface area contributed by atoms with Crippen LogP contribution in [0.2, 0.25) is 0 Å². The van der Waals surface area contributed by atoms with E-state index in [0.29, 0.717) is 12.3 Å². The van der Waals surface area contributed by atoms with Crippen LogP contribution < -0.4 is 4.74 Å². The van der Waals surface area contributed by atoms with Crippen molar-refractivity contribution < 1.29 is 9.53 Å². The Morgan fingerprint density at radius 1 is 0.857 bits per heavy atom. The van der Waals surface area contributed by atoms with Gasteiger partial charge in [-0.25, -0.2) is 0 Å². The minimum absolute atomic E-state index is 0.220. The average molecular weight is 371 g/mol. The van der Waals surface area contributed by atoms with E-state index in [1.165, 1.54) is 5.56 Å². The van der Waals surface area contributed by atoms with Crippen molar-refractivity contribution in [1.29, 1.82) is 0 Å². The zero-order chi connectivity index (χ0) is 19.2. The molecule has 1 saturated heterocycles. The maximum atomic E-state index is 12.7. The molecule has 0 unspecified atom stereocenters. The summed E-state index contributed by atoms with van der Waals surface area (Å²) in [7, 11) is 0. The van der Waals surface area contributed by atoms with E-state index in [0.717, 1.165) is 43.1 Å². The lowest BCUT2D eigenvalue weighted by Gasteiger charge is -2.16. The van der Waals surface area contributed by atoms with Crippen molar-refractivity contribution in [2.24, 2.45) is 5.92 Å². The van der Waals surface area contributed by atoms with E-state index in [-0.39, 0.29) is 5.78 Å². The van der Waals surface area contributed by atoms with Crippen molar-refractivity contribution >= 4 is 5.78 Å². The Bertz CT molecular complexity index is 891. The molecule has 0 aliphatic carbocycles. The number of nitrogens with zero attached hydrogens (tertiary/aromatic N) is 1. The van der Waals surface area contributed by atoms with Gasteiger partial charge >= 0.3 is 0 Å². The molecule has 0 N–H and O–H groups in total. The summed E-state index contributed by atoms with van der Waals surface area (Å²) in [6.45, 7) is 3.03. The van der Waals surface area contributed by atoms with Gasteiger partial charge < -0.3 is 4.74 Å². The van der Waals surface area contributed by atoms with E-state index >= 15 is 0 Å². The van der Waals surface area contributed by atoms with Gasteiger partial charge in [-0.3, -0.25) is 9.69 Å². The summed E-state index contributed by atoms with van der Waals surface area (Å²) in [5.41, 5.74) is 2.10. The topological polar surface area (TPSA) is 29.5 Å². The third-order valence-corrected chi connectivity index (χ3v) is 5.25. The Hall–Kier alpha value is -2.91. The maximum Gasteiger partial charge on any atom is 0.163 e. The molecule has 1 aliphatic rings. The van der Waals surface area contributed by atoms with Gasteiger partial charge in [-0.05, 0) is 60.8 Å². The number of benzene rings is 3. The highest BCUT2D eigenvalue weighted by Gasteiger charge is 2.25. The van der Waals surface area contributed by atoms with Crippen molar-refractivity contribution in [1.82, 2.24) is 4.90 Å². The Kier molecular flexibility index (Phi) is 5.83. The van der Waals surface area contributed by atoms with Gasteiger partial charge in [0, 0.05) is 25.1 Å². The smallest absolute Gasteiger partial charge is 0.163 e. The van der Waals surface area contributed by atoms with Crippen LogP contribution in [-0.2, 0) is 6.54 Å². The lowest BCUT2D eigenvalue weighted by Crippen LogP contribution is -2.20. The van der Waals surface area contributed by atoms with E-state index in [4.69, 9.17) is 4.74 Å². The van der Waals surface area contributed by atoms with Crippen molar-refractivity contribution in [3.05, 3.63) is 96.1 Å². The van der Waals surface area contributed by atoms with Gasteiger partial charge in [0.05, 0.1) is 0 Å². The summed E-state index contributed by atoms with van der Waals surface area (Å²) in [4.78, 5) is 15.1. The highest BCUT2D eigenvalue weighted by molar-refractivity contribution is 5.96. The van der Waals surface area contributed by atoms with Crippen LogP contribution in [0.5, 0.6) is 11.5 Å². The van der Waals surface area contributed by atoms with Crippen LogP contribution in [0.25, 0.3) is 0 Å². The normalized spacial score (nSPS) is 16.8. The summed E-state index contributed by atoms with van der Waals surface area (Å²) in [6, 6.07) is 27.7. The lowest BCUT2D eigenvalue weighted by molar-refractivity contribution is 0.0962. The fourth-order valence-corrected chi connectivity index (χ4v) is 3.78. The van der Waals surface area contributed by atoms with E-state index < -0.39 is 0 Å². The molecule has 3 aromatic carbocycles. The standard InChI is InChI=1S/C25H25NO2/c27-25(17-21-15-16-26(19-21)18-20-7-3-1-4-8-20)22-11-13-24(14-12-22)28-23-9-5-2-6-10-23/h1-14,21H,15-19H2/t21-/m0/s1. The zero-order valence-corrected chi connectivity index (χ0v) is 16.0. The number of para-hydroxylation sites is 1. The average Bonchev–Trinajstić information content (AvgIpc) is 3.17. The predicted octanol–water partition coefficient (Wildman–Crippen LogP) is 5.57. The molecule has 142 valence electrons. The second-order valence-corrected chi connectivity index (χ2v) is 7.44. The fourth-order valence-electron chi connectivity index (χ4n) is 3.78. The molecule has 3 heteroatoms. The lowest BCUT2D eigenvalue weighted by atomic mass is 9.97. The third kappa shape index (κ3) is 4.87.